The molecule has 0 saturated heterocycles. The Hall–Kier alpha value is -5.94. The van der Waals surface area contributed by atoms with Crippen molar-refractivity contribution in [3.8, 4) is 22.3 Å². The van der Waals surface area contributed by atoms with Crippen LogP contribution in [0.15, 0.2) is 143 Å². The quantitative estimate of drug-likeness (QED) is 0.210. The van der Waals surface area contributed by atoms with Crippen molar-refractivity contribution in [1.29, 1.82) is 0 Å². The first-order valence-electron chi connectivity index (χ1n) is 16.8. The van der Waals surface area contributed by atoms with Crippen molar-refractivity contribution < 1.29 is 0 Å². The van der Waals surface area contributed by atoms with E-state index in [4.69, 9.17) is 4.99 Å². The smallest absolute Gasteiger partial charge is 0.328 e. The van der Waals surface area contributed by atoms with Crippen molar-refractivity contribution in [3.05, 3.63) is 172 Å². The molecule has 1 aromatic heterocycles. The van der Waals surface area contributed by atoms with Crippen LogP contribution >= 0.6 is 0 Å². The Balaban J connectivity index is 1.12. The minimum Gasteiger partial charge on any atom is -0.360 e. The predicted octanol–water partition coefficient (Wildman–Crippen LogP) is 9.14. The molecule has 0 fully saturated rings. The van der Waals surface area contributed by atoms with Crippen LogP contribution in [-0.2, 0) is 19.5 Å². The van der Waals surface area contributed by atoms with Gasteiger partial charge in [0.2, 0.25) is 0 Å². The van der Waals surface area contributed by atoms with Gasteiger partial charge in [-0.05, 0) is 91.7 Å². The molecule has 0 amide bonds. The minimum atomic E-state index is -0.224. The lowest BCUT2D eigenvalue weighted by molar-refractivity contribution is 0.660. The van der Waals surface area contributed by atoms with Gasteiger partial charge in [-0.2, -0.15) is 0 Å². The molecule has 7 aromatic rings. The average Bonchev–Trinajstić information content (AvgIpc) is 3.50. The summed E-state index contributed by atoms with van der Waals surface area (Å²) < 4.78 is 3.39. The van der Waals surface area contributed by atoms with Crippen LogP contribution in [0.2, 0.25) is 0 Å². The molecule has 5 nitrogen and oxygen atoms in total. The SMILES string of the molecule is Cn1c(=O)n(C)c2cc(-c3ccc(C4=CC(c5ccc6c(c5)-c5cc7ccccc7cc5C6(C)C)=NC(c5ccccc5)N4)cc3)ccc21. The third-order valence-electron chi connectivity index (χ3n) is 10.6. The van der Waals surface area contributed by atoms with Gasteiger partial charge in [0.05, 0.1) is 16.7 Å². The number of fused-ring (bicyclic) bond motifs is 5. The van der Waals surface area contributed by atoms with Crippen LogP contribution in [0.25, 0.3) is 49.8 Å². The minimum absolute atomic E-state index is 0.0203. The molecule has 1 aliphatic heterocycles. The van der Waals surface area contributed by atoms with E-state index in [-0.39, 0.29) is 17.3 Å². The van der Waals surface area contributed by atoms with Gasteiger partial charge in [-0.15, -0.1) is 0 Å². The highest BCUT2D eigenvalue weighted by Crippen LogP contribution is 2.50. The summed E-state index contributed by atoms with van der Waals surface area (Å²) in [6.45, 7) is 4.67. The number of imidazole rings is 1. The topological polar surface area (TPSA) is 51.3 Å². The molecule has 0 spiro atoms. The van der Waals surface area contributed by atoms with Gasteiger partial charge in [0.15, 0.2) is 0 Å². The zero-order valence-corrected chi connectivity index (χ0v) is 28.0. The molecule has 5 heteroatoms. The first kappa shape index (κ1) is 29.2. The van der Waals surface area contributed by atoms with E-state index in [9.17, 15) is 4.79 Å². The van der Waals surface area contributed by atoms with Gasteiger partial charge >= 0.3 is 5.69 Å². The van der Waals surface area contributed by atoms with Crippen molar-refractivity contribution in [2.24, 2.45) is 19.1 Å². The molecule has 1 N–H and O–H groups in total. The van der Waals surface area contributed by atoms with Gasteiger partial charge in [0.1, 0.15) is 6.17 Å². The number of aromatic nitrogens is 2. The highest BCUT2D eigenvalue weighted by atomic mass is 16.1. The number of allylic oxidation sites excluding steroid dienone is 1. The molecule has 0 bridgehead atoms. The van der Waals surface area contributed by atoms with Gasteiger partial charge in [-0.1, -0.05) is 111 Å². The summed E-state index contributed by atoms with van der Waals surface area (Å²) in [5.74, 6) is 0. The number of benzene rings is 6. The van der Waals surface area contributed by atoms with Crippen LogP contribution in [0.4, 0.5) is 0 Å². The molecule has 6 aromatic carbocycles. The Bertz CT molecular complexity index is 2580. The van der Waals surface area contributed by atoms with Crippen LogP contribution < -0.4 is 11.0 Å². The maximum absolute atomic E-state index is 12.5. The average molecular weight is 637 g/mol. The second-order valence-electron chi connectivity index (χ2n) is 13.8. The molecule has 49 heavy (non-hydrogen) atoms. The first-order valence-corrected chi connectivity index (χ1v) is 16.8. The number of aryl methyl sites for hydroxylation is 2. The van der Waals surface area contributed by atoms with Crippen molar-refractivity contribution in [2.75, 3.05) is 0 Å². The summed E-state index contributed by atoms with van der Waals surface area (Å²) in [5.41, 5.74) is 14.5. The molecule has 9 rings (SSSR count). The summed E-state index contributed by atoms with van der Waals surface area (Å²) in [5, 5.41) is 6.26. The number of hydrogen-bond acceptors (Lipinski definition) is 3. The van der Waals surface area contributed by atoms with E-state index in [1.807, 2.05) is 26.2 Å². The number of aliphatic imine (C=N–C) groups is 1. The Morgan fingerprint density at radius 3 is 2.02 bits per heavy atom. The maximum Gasteiger partial charge on any atom is 0.328 e. The zero-order valence-electron chi connectivity index (χ0n) is 28.0. The second-order valence-corrected chi connectivity index (χ2v) is 13.8. The standard InChI is InChI=1S/C44H36N4O/c1-44(2)36-20-18-33(23-34(36)35-22-30-12-8-9-13-31(30)24-37(35)44)39-26-38(45-42(46-39)29-10-6-5-7-11-29)28-16-14-27(15-17-28)32-19-21-40-41(25-32)48(4)43(49)47(40)3/h5-26,42,45H,1-4H3. The lowest BCUT2D eigenvalue weighted by Gasteiger charge is -2.25. The van der Waals surface area contributed by atoms with E-state index < -0.39 is 0 Å². The molecule has 1 atom stereocenters. The summed E-state index contributed by atoms with van der Waals surface area (Å²) in [7, 11) is 3.64. The summed E-state index contributed by atoms with van der Waals surface area (Å²) in [4.78, 5) is 17.8. The van der Waals surface area contributed by atoms with E-state index in [0.717, 1.165) is 50.3 Å². The third kappa shape index (κ3) is 4.61. The number of rotatable bonds is 4. The van der Waals surface area contributed by atoms with Crippen LogP contribution in [0.1, 0.15) is 47.8 Å². The third-order valence-corrected chi connectivity index (χ3v) is 10.6. The van der Waals surface area contributed by atoms with Gasteiger partial charge in [0.25, 0.3) is 0 Å². The van der Waals surface area contributed by atoms with Crippen molar-refractivity contribution >= 4 is 33.2 Å². The number of nitrogens with zero attached hydrogens (tertiary/aromatic N) is 3. The molecule has 2 heterocycles. The molecule has 238 valence electrons. The molecular formula is C44H36N4O. The number of nitrogens with one attached hydrogen (secondary N) is 1. The van der Waals surface area contributed by atoms with Crippen molar-refractivity contribution in [3.63, 3.8) is 0 Å². The predicted molar refractivity (Wildman–Crippen MR) is 202 cm³/mol. The van der Waals surface area contributed by atoms with Crippen LogP contribution in [0.3, 0.4) is 0 Å². The molecule has 1 aliphatic carbocycles. The maximum atomic E-state index is 12.5. The van der Waals surface area contributed by atoms with E-state index in [1.54, 1.807) is 9.13 Å². The molecule has 1 unspecified atom stereocenters. The summed E-state index contributed by atoms with van der Waals surface area (Å²) >= 11 is 0. The summed E-state index contributed by atoms with van der Waals surface area (Å²) in [6, 6.07) is 45.5. The molecule has 0 radical (unpaired) electrons. The van der Waals surface area contributed by atoms with Gasteiger partial charge in [-0.3, -0.25) is 14.1 Å². The Morgan fingerprint density at radius 2 is 1.24 bits per heavy atom. The Kier molecular flexibility index (Phi) is 6.44. The Morgan fingerprint density at radius 1 is 0.612 bits per heavy atom. The fourth-order valence-electron chi connectivity index (χ4n) is 7.78. The van der Waals surface area contributed by atoms with Crippen LogP contribution in [-0.4, -0.2) is 14.8 Å². The first-order chi connectivity index (χ1) is 23.8. The van der Waals surface area contributed by atoms with E-state index in [2.05, 4.69) is 141 Å². The molecule has 0 saturated carbocycles. The normalized spacial score (nSPS) is 16.2. The van der Waals surface area contributed by atoms with Crippen LogP contribution in [0.5, 0.6) is 0 Å². The lowest BCUT2D eigenvalue weighted by Crippen LogP contribution is -2.25. The van der Waals surface area contributed by atoms with Crippen LogP contribution in [0, 0.1) is 0 Å². The zero-order chi connectivity index (χ0) is 33.4. The Labute approximate surface area is 285 Å². The summed E-state index contributed by atoms with van der Waals surface area (Å²) in [6.07, 6.45) is 1.96. The number of hydrogen-bond donors (Lipinski definition) is 1. The van der Waals surface area contributed by atoms with E-state index in [0.29, 0.717) is 0 Å². The highest BCUT2D eigenvalue weighted by Gasteiger charge is 2.36. The van der Waals surface area contributed by atoms with Gasteiger partial charge in [-0.25, -0.2) is 4.79 Å². The van der Waals surface area contributed by atoms with E-state index in [1.165, 1.54) is 33.0 Å². The molecule has 2 aliphatic rings. The fourth-order valence-corrected chi connectivity index (χ4v) is 7.78. The molecular weight excluding hydrogens is 601 g/mol. The largest absolute Gasteiger partial charge is 0.360 e. The second kappa shape index (κ2) is 10.8. The van der Waals surface area contributed by atoms with Crippen molar-refractivity contribution in [1.82, 2.24) is 14.5 Å². The highest BCUT2D eigenvalue weighted by molar-refractivity contribution is 6.14. The van der Waals surface area contributed by atoms with Gasteiger partial charge in [0, 0.05) is 30.8 Å². The van der Waals surface area contributed by atoms with Gasteiger partial charge < -0.3 is 5.32 Å². The van der Waals surface area contributed by atoms with Crippen molar-refractivity contribution in [2.45, 2.75) is 25.4 Å². The fraction of sp³-hybridized carbons (Fsp3) is 0.136. The lowest BCUT2D eigenvalue weighted by atomic mass is 9.81. The monoisotopic (exact) mass is 636 g/mol. The van der Waals surface area contributed by atoms with E-state index >= 15 is 0 Å².